The number of aliphatic hydroxyl groups is 1. The Balaban J connectivity index is 0.00000182. The van der Waals surface area contributed by atoms with Crippen molar-refractivity contribution < 1.29 is 87.8 Å². The number of ketones is 1. The van der Waals surface area contributed by atoms with Crippen molar-refractivity contribution in [1.29, 1.82) is 0 Å². The summed E-state index contributed by atoms with van der Waals surface area (Å²) < 4.78 is 25.4. The second kappa shape index (κ2) is 9.73. The maximum atomic E-state index is 13.6. The van der Waals surface area contributed by atoms with Gasteiger partial charge in [0.05, 0.1) is 22.9 Å². The van der Waals surface area contributed by atoms with Crippen molar-refractivity contribution in [1.82, 2.24) is 9.32 Å². The monoisotopic (exact) mass is 428 g/mol. The topological polar surface area (TPSA) is 118 Å². The summed E-state index contributed by atoms with van der Waals surface area (Å²) in [5.74, 6) is -1.32. The molecule has 0 radical (unpaired) electrons. The Morgan fingerprint density at radius 3 is 2.67 bits per heavy atom. The average molecular weight is 428 g/mol. The van der Waals surface area contributed by atoms with Gasteiger partial charge in [-0.1, -0.05) is 6.92 Å². The van der Waals surface area contributed by atoms with E-state index in [1.165, 1.54) is 5.38 Å². The van der Waals surface area contributed by atoms with Crippen LogP contribution in [0.25, 0.3) is 10.9 Å². The van der Waals surface area contributed by atoms with E-state index in [-0.39, 0.29) is 80.6 Å². The van der Waals surface area contributed by atoms with Crippen molar-refractivity contribution in [3.8, 4) is 0 Å². The van der Waals surface area contributed by atoms with E-state index in [0.29, 0.717) is 16.5 Å². The third-order valence-electron chi connectivity index (χ3n) is 3.70. The Bertz CT molecular complexity index is 1020. The number of thiazole rings is 1. The van der Waals surface area contributed by atoms with Gasteiger partial charge in [-0.2, -0.15) is 0 Å². The first kappa shape index (κ1) is 25.1. The van der Waals surface area contributed by atoms with E-state index in [0.717, 1.165) is 35.7 Å². The minimum Gasteiger partial charge on any atom is -0.795 e. The molecule has 1 unspecified atom stereocenters. The van der Waals surface area contributed by atoms with E-state index in [9.17, 15) is 28.6 Å². The van der Waals surface area contributed by atoms with Crippen molar-refractivity contribution in [2.24, 2.45) is 0 Å². The largest absolute Gasteiger partial charge is 1.00 e. The number of hydrogen-bond donors (Lipinski definition) is 1. The molecule has 7 nitrogen and oxygen atoms in total. The predicted octanol–water partition coefficient (Wildman–Crippen LogP) is -4.40. The zero-order valence-electron chi connectivity index (χ0n) is 14.9. The number of aromatic nitrogens is 2. The van der Waals surface area contributed by atoms with E-state index in [2.05, 4.69) is 4.98 Å². The fourth-order valence-electron chi connectivity index (χ4n) is 2.44. The van der Waals surface area contributed by atoms with Crippen LogP contribution in [0.2, 0.25) is 0 Å². The van der Waals surface area contributed by atoms with Crippen LogP contribution in [-0.2, 0) is 4.57 Å². The number of carbonyl (C=O) groups is 1. The number of hydrogen-bond acceptors (Lipinski definition) is 7. The maximum Gasteiger partial charge on any atom is 1.00 e. The van der Waals surface area contributed by atoms with Gasteiger partial charge in [0.25, 0.3) is 0 Å². The third-order valence-corrected chi connectivity index (χ3v) is 5.42. The molecule has 0 spiro atoms. The fourth-order valence-corrected chi connectivity index (χ4v) is 3.95. The normalized spacial score (nSPS) is 12.3. The van der Waals surface area contributed by atoms with Gasteiger partial charge in [0.15, 0.2) is 5.01 Å². The molecule has 0 bridgehead atoms. The van der Waals surface area contributed by atoms with Crippen molar-refractivity contribution in [2.75, 3.05) is 0 Å². The van der Waals surface area contributed by atoms with Gasteiger partial charge in [-0.05, 0) is 24.6 Å². The third kappa shape index (κ3) is 5.18. The Morgan fingerprint density at radius 2 is 2.07 bits per heavy atom. The summed E-state index contributed by atoms with van der Waals surface area (Å²) in [6, 6.07) is 3.12. The molecule has 0 saturated carbocycles. The molecule has 12 heteroatoms. The molecule has 27 heavy (non-hydrogen) atoms. The average Bonchev–Trinajstić information content (AvgIpc) is 3.17. The summed E-state index contributed by atoms with van der Waals surface area (Å²) >= 11 is 0.977. The summed E-state index contributed by atoms with van der Waals surface area (Å²) in [6.45, 7) is 1.75. The van der Waals surface area contributed by atoms with Crippen LogP contribution in [0.5, 0.6) is 0 Å². The number of benzene rings is 1. The van der Waals surface area contributed by atoms with E-state index in [1.807, 2.05) is 0 Å². The Morgan fingerprint density at radius 1 is 1.41 bits per heavy atom. The van der Waals surface area contributed by atoms with E-state index >= 15 is 0 Å². The van der Waals surface area contributed by atoms with Gasteiger partial charge < -0.3 is 23.8 Å². The first-order chi connectivity index (χ1) is 11.7. The van der Waals surface area contributed by atoms with Gasteiger partial charge in [-0.25, -0.2) is 9.37 Å². The molecule has 2 aromatic heterocycles. The Labute approximate surface area is 202 Å². The quantitative estimate of drug-likeness (QED) is 0.249. The summed E-state index contributed by atoms with van der Waals surface area (Å²) in [6.07, 6.45) is 0.474. The van der Waals surface area contributed by atoms with Gasteiger partial charge in [0.1, 0.15) is 5.82 Å². The molecule has 132 valence electrons. The van der Waals surface area contributed by atoms with Crippen molar-refractivity contribution >= 4 is 35.8 Å². The second-order valence-electron chi connectivity index (χ2n) is 5.35. The maximum absolute atomic E-state index is 13.6. The van der Waals surface area contributed by atoms with Crippen LogP contribution >= 0.6 is 19.1 Å². The first-order valence-corrected chi connectivity index (χ1v) is 9.61. The summed E-state index contributed by atoms with van der Waals surface area (Å²) in [5.41, 5.74) is 0.0980. The van der Waals surface area contributed by atoms with Gasteiger partial charge >= 0.3 is 59.1 Å². The van der Waals surface area contributed by atoms with E-state index in [4.69, 9.17) is 0 Å². The molecule has 3 rings (SSSR count). The number of nitrogens with zero attached hydrogens (tertiary/aromatic N) is 2. The standard InChI is InChI=1S/C15H14FN2O5PS.2Na/c1-2-13(19)11-7-25-15(17-11)14(20)10-6-18(24(21,22)23)12-4-3-8(16)5-9(10)12;;/h3-7,13,19H,2H2,1H3,(H2,21,22,23);;/q;2*+1/p-2. The van der Waals surface area contributed by atoms with Crippen LogP contribution in [-0.4, -0.2) is 20.2 Å². The molecule has 0 aliphatic heterocycles. The SMILES string of the molecule is CCC(O)c1csc(C(=O)c2cn(P(=O)([O-])[O-])c3ccc(F)cc23)n1.[Na+].[Na+]. The molecule has 0 aliphatic carbocycles. The van der Waals surface area contributed by atoms with E-state index < -0.39 is 25.5 Å². The summed E-state index contributed by atoms with van der Waals surface area (Å²) in [7, 11) is -5.22. The number of rotatable bonds is 5. The zero-order chi connectivity index (χ0) is 18.4. The van der Waals surface area contributed by atoms with Crippen molar-refractivity contribution in [2.45, 2.75) is 19.4 Å². The first-order valence-electron chi connectivity index (χ1n) is 7.24. The van der Waals surface area contributed by atoms with Crippen LogP contribution in [0.1, 0.15) is 40.5 Å². The van der Waals surface area contributed by atoms with Crippen molar-refractivity contribution in [3.63, 3.8) is 0 Å². The molecule has 1 aromatic carbocycles. The molecule has 1 atom stereocenters. The second-order valence-corrected chi connectivity index (χ2v) is 7.57. The Kier molecular flexibility index (Phi) is 9.06. The zero-order valence-corrected chi connectivity index (χ0v) is 20.6. The van der Waals surface area contributed by atoms with Gasteiger partial charge in [0, 0.05) is 24.7 Å². The van der Waals surface area contributed by atoms with Crippen LogP contribution in [0.3, 0.4) is 0 Å². The summed E-state index contributed by atoms with van der Waals surface area (Å²) in [5, 5.41) is 11.3. The van der Waals surface area contributed by atoms with Crippen LogP contribution in [0, 0.1) is 5.82 Å². The molecule has 0 fully saturated rings. The molecule has 0 saturated heterocycles. The summed E-state index contributed by atoms with van der Waals surface area (Å²) in [4.78, 5) is 39.6. The van der Waals surface area contributed by atoms with Crippen LogP contribution in [0.15, 0.2) is 29.8 Å². The number of fused-ring (bicyclic) bond motifs is 1. The van der Waals surface area contributed by atoms with Crippen LogP contribution < -0.4 is 68.9 Å². The molecule has 2 heterocycles. The molecule has 3 aromatic rings. The number of halogens is 1. The molecule has 1 N–H and O–H groups in total. The Hall–Kier alpha value is 0.1000. The van der Waals surface area contributed by atoms with Gasteiger partial charge in [-0.15, -0.1) is 11.3 Å². The van der Waals surface area contributed by atoms with Gasteiger partial charge in [0.2, 0.25) is 5.78 Å². The fraction of sp³-hybridized carbons (Fsp3) is 0.200. The van der Waals surface area contributed by atoms with Gasteiger partial charge in [-0.3, -0.25) is 4.79 Å². The minimum absolute atomic E-state index is 0. The minimum atomic E-state index is -5.22. The number of aliphatic hydroxyl groups excluding tert-OH is 1. The molecule has 0 amide bonds. The van der Waals surface area contributed by atoms with Crippen LogP contribution in [0.4, 0.5) is 4.39 Å². The van der Waals surface area contributed by atoms with Crippen molar-refractivity contribution in [3.05, 3.63) is 51.9 Å². The van der Waals surface area contributed by atoms with E-state index in [1.54, 1.807) is 6.92 Å². The predicted molar refractivity (Wildman–Crippen MR) is 85.7 cm³/mol. The molecular weight excluding hydrogens is 416 g/mol. The number of carbonyl (C=O) groups excluding carboxylic acids is 1. The molecular formula is C15H12FN2Na2O5PS. The molecule has 0 aliphatic rings. The smallest absolute Gasteiger partial charge is 0.795 e.